The molecule has 3 heteroatoms. The van der Waals surface area contributed by atoms with Crippen LogP contribution < -0.4 is 5.32 Å². The van der Waals surface area contributed by atoms with E-state index in [-0.39, 0.29) is 11.7 Å². The van der Waals surface area contributed by atoms with Gasteiger partial charge in [-0.25, -0.2) is 4.39 Å². The molecule has 0 aliphatic carbocycles. The minimum atomic E-state index is -0.812. The molecule has 1 heterocycles. The van der Waals surface area contributed by atoms with Crippen molar-refractivity contribution in [1.29, 1.82) is 0 Å². The summed E-state index contributed by atoms with van der Waals surface area (Å²) in [6, 6.07) is 6.84. The Morgan fingerprint density at radius 2 is 2.00 bits per heavy atom. The number of piperidine rings is 1. The van der Waals surface area contributed by atoms with Gasteiger partial charge in [0.15, 0.2) is 0 Å². The molecule has 2 nitrogen and oxygen atoms in total. The average molecular weight is 195 g/mol. The van der Waals surface area contributed by atoms with E-state index in [4.69, 9.17) is 5.11 Å². The third-order valence-corrected chi connectivity index (χ3v) is 2.73. The van der Waals surface area contributed by atoms with Gasteiger partial charge in [-0.3, -0.25) is 0 Å². The second-order valence-electron chi connectivity index (χ2n) is 3.71. The first-order valence-corrected chi connectivity index (χ1v) is 4.91. The van der Waals surface area contributed by atoms with Gasteiger partial charge in [-0.1, -0.05) is 12.1 Å². The van der Waals surface area contributed by atoms with Crippen LogP contribution in [0, 0.1) is 0 Å². The van der Waals surface area contributed by atoms with E-state index < -0.39 is 6.17 Å². The van der Waals surface area contributed by atoms with Gasteiger partial charge >= 0.3 is 0 Å². The lowest BCUT2D eigenvalue weighted by Gasteiger charge is -2.26. The van der Waals surface area contributed by atoms with Crippen molar-refractivity contribution in [3.05, 3.63) is 29.8 Å². The molecule has 1 fully saturated rings. The molecular formula is C11H14FNO. The summed E-state index contributed by atoms with van der Waals surface area (Å²) in [7, 11) is 0. The molecule has 1 aliphatic rings. The fraction of sp³-hybridized carbons (Fsp3) is 0.455. The van der Waals surface area contributed by atoms with Gasteiger partial charge in [0.05, 0.1) is 0 Å². The van der Waals surface area contributed by atoms with E-state index in [1.54, 1.807) is 24.3 Å². The van der Waals surface area contributed by atoms with Gasteiger partial charge in [0.2, 0.25) is 0 Å². The third-order valence-electron chi connectivity index (χ3n) is 2.73. The summed E-state index contributed by atoms with van der Waals surface area (Å²) in [5.41, 5.74) is 0.983. The minimum Gasteiger partial charge on any atom is -0.508 e. The first-order valence-electron chi connectivity index (χ1n) is 4.91. The van der Waals surface area contributed by atoms with Crippen LogP contribution >= 0.6 is 0 Å². The zero-order chi connectivity index (χ0) is 9.97. The van der Waals surface area contributed by atoms with Crippen LogP contribution in [-0.4, -0.2) is 24.4 Å². The second-order valence-corrected chi connectivity index (χ2v) is 3.71. The molecule has 14 heavy (non-hydrogen) atoms. The van der Waals surface area contributed by atoms with Gasteiger partial charge in [-0.05, 0) is 30.7 Å². The van der Waals surface area contributed by atoms with Gasteiger partial charge in [-0.15, -0.1) is 0 Å². The fourth-order valence-corrected chi connectivity index (χ4v) is 1.92. The summed E-state index contributed by atoms with van der Waals surface area (Å²) in [5.74, 6) is 0.218. The van der Waals surface area contributed by atoms with Crippen molar-refractivity contribution in [2.45, 2.75) is 18.5 Å². The first-order chi connectivity index (χ1) is 6.77. The van der Waals surface area contributed by atoms with E-state index in [0.717, 1.165) is 18.5 Å². The Kier molecular flexibility index (Phi) is 2.68. The summed E-state index contributed by atoms with van der Waals surface area (Å²) >= 11 is 0. The van der Waals surface area contributed by atoms with Gasteiger partial charge < -0.3 is 10.4 Å². The lowest BCUT2D eigenvalue weighted by atomic mass is 9.89. The summed E-state index contributed by atoms with van der Waals surface area (Å²) in [6.45, 7) is 1.30. The van der Waals surface area contributed by atoms with Crippen molar-refractivity contribution in [3.63, 3.8) is 0 Å². The number of phenols is 1. The van der Waals surface area contributed by atoms with Crippen molar-refractivity contribution in [2.75, 3.05) is 13.1 Å². The zero-order valence-electron chi connectivity index (χ0n) is 7.91. The Morgan fingerprint density at radius 3 is 2.64 bits per heavy atom. The SMILES string of the molecule is Oc1ccc(C2CCNC[C@@H]2F)cc1. The molecule has 0 aromatic heterocycles. The molecule has 1 aliphatic heterocycles. The lowest BCUT2D eigenvalue weighted by molar-refractivity contribution is 0.231. The van der Waals surface area contributed by atoms with E-state index in [0.29, 0.717) is 6.54 Å². The number of benzene rings is 1. The summed E-state index contributed by atoms with van der Waals surface area (Å²) in [4.78, 5) is 0. The highest BCUT2D eigenvalue weighted by molar-refractivity contribution is 5.29. The quantitative estimate of drug-likeness (QED) is 0.716. The normalized spacial score (nSPS) is 27.5. The van der Waals surface area contributed by atoms with Crippen molar-refractivity contribution < 1.29 is 9.50 Å². The van der Waals surface area contributed by atoms with Crippen LogP contribution in [0.2, 0.25) is 0 Å². The topological polar surface area (TPSA) is 32.3 Å². The molecule has 1 aromatic carbocycles. The van der Waals surface area contributed by atoms with Crippen LogP contribution in [0.15, 0.2) is 24.3 Å². The Labute approximate surface area is 82.8 Å². The number of halogens is 1. The Balaban J connectivity index is 2.16. The van der Waals surface area contributed by atoms with E-state index in [1.807, 2.05) is 0 Å². The predicted octanol–water partition coefficient (Wildman–Crippen LogP) is 1.81. The minimum absolute atomic E-state index is 0.0168. The predicted molar refractivity (Wildman–Crippen MR) is 53.2 cm³/mol. The summed E-state index contributed by atoms with van der Waals surface area (Å²) in [5, 5.41) is 12.1. The molecule has 0 spiro atoms. The monoisotopic (exact) mass is 195 g/mol. The van der Waals surface area contributed by atoms with Crippen LogP contribution in [0.4, 0.5) is 4.39 Å². The Morgan fingerprint density at radius 1 is 1.29 bits per heavy atom. The van der Waals surface area contributed by atoms with Crippen molar-refractivity contribution in [2.24, 2.45) is 0 Å². The Hall–Kier alpha value is -1.09. The number of rotatable bonds is 1. The van der Waals surface area contributed by atoms with Crippen LogP contribution in [0.5, 0.6) is 5.75 Å². The molecule has 0 bridgehead atoms. The highest BCUT2D eigenvalue weighted by Gasteiger charge is 2.25. The molecule has 1 unspecified atom stereocenters. The highest BCUT2D eigenvalue weighted by atomic mass is 19.1. The summed E-state index contributed by atoms with van der Waals surface area (Å²) in [6.07, 6.45) is 0.0136. The summed E-state index contributed by atoms with van der Waals surface area (Å²) < 4.78 is 13.5. The molecule has 0 saturated carbocycles. The van der Waals surface area contributed by atoms with E-state index in [1.165, 1.54) is 0 Å². The van der Waals surface area contributed by atoms with Crippen LogP contribution in [0.1, 0.15) is 17.9 Å². The number of hydrogen-bond donors (Lipinski definition) is 2. The maximum absolute atomic E-state index is 13.5. The first kappa shape index (κ1) is 9.46. The number of aromatic hydroxyl groups is 1. The lowest BCUT2D eigenvalue weighted by Crippen LogP contribution is -2.36. The van der Waals surface area contributed by atoms with E-state index in [2.05, 4.69) is 5.32 Å². The number of phenolic OH excluding ortho intramolecular Hbond substituents is 1. The molecular weight excluding hydrogens is 181 g/mol. The number of hydrogen-bond acceptors (Lipinski definition) is 2. The fourth-order valence-electron chi connectivity index (χ4n) is 1.92. The highest BCUT2D eigenvalue weighted by Crippen LogP contribution is 2.28. The number of nitrogens with one attached hydrogen (secondary N) is 1. The van der Waals surface area contributed by atoms with Gasteiger partial charge in [0.25, 0.3) is 0 Å². The molecule has 1 aromatic rings. The zero-order valence-corrected chi connectivity index (χ0v) is 7.91. The maximum atomic E-state index is 13.5. The van der Waals surface area contributed by atoms with E-state index >= 15 is 0 Å². The molecule has 0 radical (unpaired) electrons. The smallest absolute Gasteiger partial charge is 0.119 e. The van der Waals surface area contributed by atoms with Crippen LogP contribution in [0.3, 0.4) is 0 Å². The number of alkyl halides is 1. The second kappa shape index (κ2) is 3.96. The van der Waals surface area contributed by atoms with Gasteiger partial charge in [0.1, 0.15) is 11.9 Å². The van der Waals surface area contributed by atoms with Crippen molar-refractivity contribution >= 4 is 0 Å². The largest absolute Gasteiger partial charge is 0.508 e. The Bertz CT molecular complexity index is 299. The average Bonchev–Trinajstić information content (AvgIpc) is 2.20. The molecule has 0 amide bonds. The molecule has 1 saturated heterocycles. The standard InChI is InChI=1S/C11H14FNO/c12-11-7-13-6-5-10(11)8-1-3-9(14)4-2-8/h1-4,10-11,13-14H,5-7H2/t10?,11-/m0/s1. The molecule has 2 atom stereocenters. The maximum Gasteiger partial charge on any atom is 0.119 e. The van der Waals surface area contributed by atoms with Crippen LogP contribution in [0.25, 0.3) is 0 Å². The van der Waals surface area contributed by atoms with Crippen molar-refractivity contribution in [1.82, 2.24) is 5.32 Å². The van der Waals surface area contributed by atoms with Gasteiger partial charge in [-0.2, -0.15) is 0 Å². The third kappa shape index (κ3) is 1.87. The van der Waals surface area contributed by atoms with Crippen LogP contribution in [-0.2, 0) is 0 Å². The molecule has 2 N–H and O–H groups in total. The van der Waals surface area contributed by atoms with Crippen molar-refractivity contribution in [3.8, 4) is 5.75 Å². The van der Waals surface area contributed by atoms with E-state index in [9.17, 15) is 4.39 Å². The van der Waals surface area contributed by atoms with Gasteiger partial charge in [0, 0.05) is 12.5 Å². The molecule has 76 valence electrons. The molecule has 2 rings (SSSR count).